The summed E-state index contributed by atoms with van der Waals surface area (Å²) in [7, 11) is 1.63. The zero-order valence-corrected chi connectivity index (χ0v) is 10.1. The minimum Gasteiger partial charge on any atom is -0.497 e. The van der Waals surface area contributed by atoms with Gasteiger partial charge in [-0.2, -0.15) is 0 Å². The summed E-state index contributed by atoms with van der Waals surface area (Å²) in [5, 5.41) is 0. The summed E-state index contributed by atoms with van der Waals surface area (Å²) in [6, 6.07) is 7.77. The first-order chi connectivity index (χ1) is 7.26. The molecule has 0 aliphatic heterocycles. The highest BCUT2D eigenvalue weighted by Crippen LogP contribution is 2.14. The quantitative estimate of drug-likeness (QED) is 0.866. The van der Waals surface area contributed by atoms with Gasteiger partial charge in [0.15, 0.2) is 0 Å². The normalized spacial score (nSPS) is 10.8. The van der Waals surface area contributed by atoms with Gasteiger partial charge in [-0.1, -0.05) is 18.2 Å². The molecule has 0 aromatic heterocycles. The fourth-order valence-electron chi connectivity index (χ4n) is 1.31. The minimum atomic E-state index is -0.252. The second kappa shape index (κ2) is 8.13. The molecule has 0 saturated carbocycles. The molecule has 0 fully saturated rings. The third kappa shape index (κ3) is 5.14. The van der Waals surface area contributed by atoms with E-state index in [-0.39, 0.29) is 24.8 Å². The van der Waals surface area contributed by atoms with E-state index in [2.05, 4.69) is 0 Å². The highest BCUT2D eigenvalue weighted by Gasteiger charge is 1.95. The standard InChI is InChI=1S/C12H16FNO.ClH/c1-15-12-7-3-5-10(8-12)4-2-6-11(13)9-14;/h3,5-8H,2,4,9,14H2,1H3;1H/b11-6-;. The van der Waals surface area contributed by atoms with Gasteiger partial charge in [-0.05, 0) is 30.5 Å². The van der Waals surface area contributed by atoms with Crippen molar-refractivity contribution in [3.8, 4) is 5.75 Å². The van der Waals surface area contributed by atoms with E-state index in [4.69, 9.17) is 10.5 Å². The molecule has 1 rings (SSSR count). The van der Waals surface area contributed by atoms with Gasteiger partial charge >= 0.3 is 0 Å². The predicted molar refractivity (Wildman–Crippen MR) is 66.8 cm³/mol. The van der Waals surface area contributed by atoms with E-state index in [0.29, 0.717) is 6.42 Å². The molecule has 2 N–H and O–H groups in total. The Morgan fingerprint density at radius 3 is 2.88 bits per heavy atom. The average Bonchev–Trinajstić information content (AvgIpc) is 2.29. The summed E-state index contributed by atoms with van der Waals surface area (Å²) < 4.78 is 17.8. The SMILES string of the molecule is COc1cccc(CC/C=C(\F)CN)c1.Cl. The van der Waals surface area contributed by atoms with Crippen molar-refractivity contribution in [3.63, 3.8) is 0 Å². The van der Waals surface area contributed by atoms with Crippen LogP contribution in [0.15, 0.2) is 36.2 Å². The van der Waals surface area contributed by atoms with Crippen LogP contribution in [0.3, 0.4) is 0 Å². The topological polar surface area (TPSA) is 35.2 Å². The van der Waals surface area contributed by atoms with Crippen LogP contribution in [0, 0.1) is 0 Å². The summed E-state index contributed by atoms with van der Waals surface area (Å²) in [6.45, 7) is -0.0158. The van der Waals surface area contributed by atoms with Crippen molar-refractivity contribution in [2.45, 2.75) is 12.8 Å². The number of hydrogen-bond donors (Lipinski definition) is 1. The first-order valence-corrected chi connectivity index (χ1v) is 4.94. The number of halogens is 2. The molecule has 0 aliphatic carbocycles. The molecule has 0 unspecified atom stereocenters. The Morgan fingerprint density at radius 2 is 2.25 bits per heavy atom. The third-order valence-electron chi connectivity index (χ3n) is 2.13. The zero-order valence-electron chi connectivity index (χ0n) is 9.28. The molecule has 0 radical (unpaired) electrons. The van der Waals surface area contributed by atoms with Gasteiger partial charge in [0.2, 0.25) is 0 Å². The molecule has 0 atom stereocenters. The maximum atomic E-state index is 12.7. The van der Waals surface area contributed by atoms with Crippen LogP contribution < -0.4 is 10.5 Å². The highest BCUT2D eigenvalue weighted by molar-refractivity contribution is 5.85. The number of hydrogen-bond acceptors (Lipinski definition) is 2. The van der Waals surface area contributed by atoms with Crippen molar-refractivity contribution in [1.29, 1.82) is 0 Å². The van der Waals surface area contributed by atoms with Gasteiger partial charge in [0.05, 0.1) is 7.11 Å². The third-order valence-corrected chi connectivity index (χ3v) is 2.13. The van der Waals surface area contributed by atoms with Gasteiger partial charge in [-0.3, -0.25) is 0 Å². The van der Waals surface area contributed by atoms with Crippen molar-refractivity contribution in [1.82, 2.24) is 0 Å². The van der Waals surface area contributed by atoms with Crippen LogP contribution in [0.4, 0.5) is 4.39 Å². The smallest absolute Gasteiger partial charge is 0.119 e. The minimum absolute atomic E-state index is 0. The van der Waals surface area contributed by atoms with E-state index < -0.39 is 0 Å². The number of methoxy groups -OCH3 is 1. The first-order valence-electron chi connectivity index (χ1n) is 4.94. The van der Waals surface area contributed by atoms with Crippen LogP contribution >= 0.6 is 12.4 Å². The first kappa shape index (κ1) is 14.9. The molecule has 4 heteroatoms. The lowest BCUT2D eigenvalue weighted by Gasteiger charge is -2.02. The van der Waals surface area contributed by atoms with E-state index in [1.807, 2.05) is 24.3 Å². The second-order valence-electron chi connectivity index (χ2n) is 3.25. The molecule has 0 heterocycles. The largest absolute Gasteiger partial charge is 0.497 e. The van der Waals surface area contributed by atoms with E-state index in [1.165, 1.54) is 6.08 Å². The van der Waals surface area contributed by atoms with Crippen molar-refractivity contribution >= 4 is 12.4 Å². The molecular formula is C12H17ClFNO. The number of ether oxygens (including phenoxy) is 1. The van der Waals surface area contributed by atoms with Crippen LogP contribution in [-0.2, 0) is 6.42 Å². The molecule has 2 nitrogen and oxygen atoms in total. The van der Waals surface area contributed by atoms with E-state index in [9.17, 15) is 4.39 Å². The van der Waals surface area contributed by atoms with Crippen molar-refractivity contribution < 1.29 is 9.13 Å². The van der Waals surface area contributed by atoms with Crippen molar-refractivity contribution in [2.24, 2.45) is 5.73 Å². The Balaban J connectivity index is 0.00000225. The lowest BCUT2D eigenvalue weighted by Crippen LogP contribution is -1.98. The van der Waals surface area contributed by atoms with Gasteiger partial charge in [-0.15, -0.1) is 12.4 Å². The van der Waals surface area contributed by atoms with E-state index in [1.54, 1.807) is 7.11 Å². The van der Waals surface area contributed by atoms with Crippen LogP contribution in [0.1, 0.15) is 12.0 Å². The van der Waals surface area contributed by atoms with Gasteiger partial charge in [-0.25, -0.2) is 4.39 Å². The Labute approximate surface area is 102 Å². The number of allylic oxidation sites excluding steroid dienone is 1. The fraction of sp³-hybridized carbons (Fsp3) is 0.333. The van der Waals surface area contributed by atoms with Crippen LogP contribution in [0.2, 0.25) is 0 Å². The number of rotatable bonds is 5. The lowest BCUT2D eigenvalue weighted by atomic mass is 10.1. The van der Waals surface area contributed by atoms with Crippen LogP contribution in [0.5, 0.6) is 5.75 Å². The van der Waals surface area contributed by atoms with E-state index in [0.717, 1.165) is 17.7 Å². The van der Waals surface area contributed by atoms with Crippen LogP contribution in [-0.4, -0.2) is 13.7 Å². The summed E-state index contributed by atoms with van der Waals surface area (Å²) in [5.41, 5.74) is 6.27. The summed E-state index contributed by atoms with van der Waals surface area (Å²) in [5.74, 6) is 0.577. The predicted octanol–water partition coefficient (Wildman–Crippen LogP) is 2.86. The van der Waals surface area contributed by atoms with Crippen LogP contribution in [0.25, 0.3) is 0 Å². The molecule has 1 aromatic carbocycles. The molecule has 0 bridgehead atoms. The number of nitrogens with two attached hydrogens (primary N) is 1. The summed E-state index contributed by atoms with van der Waals surface area (Å²) in [6.07, 6.45) is 2.99. The lowest BCUT2D eigenvalue weighted by molar-refractivity contribution is 0.414. The van der Waals surface area contributed by atoms with E-state index >= 15 is 0 Å². The highest BCUT2D eigenvalue weighted by atomic mass is 35.5. The monoisotopic (exact) mass is 245 g/mol. The Morgan fingerprint density at radius 1 is 1.50 bits per heavy atom. The molecule has 0 aliphatic rings. The molecule has 90 valence electrons. The van der Waals surface area contributed by atoms with Gasteiger partial charge in [0.25, 0.3) is 0 Å². The average molecular weight is 246 g/mol. The maximum Gasteiger partial charge on any atom is 0.119 e. The Hall–Kier alpha value is -1.06. The molecule has 0 spiro atoms. The zero-order chi connectivity index (χ0) is 11.1. The molecule has 1 aromatic rings. The molecular weight excluding hydrogens is 229 g/mol. The fourth-order valence-corrected chi connectivity index (χ4v) is 1.31. The maximum absolute atomic E-state index is 12.7. The molecule has 0 saturated heterocycles. The Bertz CT molecular complexity index is 342. The van der Waals surface area contributed by atoms with Crippen molar-refractivity contribution in [3.05, 3.63) is 41.7 Å². The summed E-state index contributed by atoms with van der Waals surface area (Å²) >= 11 is 0. The molecule has 0 amide bonds. The summed E-state index contributed by atoms with van der Waals surface area (Å²) in [4.78, 5) is 0. The van der Waals surface area contributed by atoms with Gasteiger partial charge in [0.1, 0.15) is 11.6 Å². The second-order valence-corrected chi connectivity index (χ2v) is 3.25. The molecule has 16 heavy (non-hydrogen) atoms. The number of benzene rings is 1. The van der Waals surface area contributed by atoms with Gasteiger partial charge in [0, 0.05) is 6.54 Å². The van der Waals surface area contributed by atoms with Crippen molar-refractivity contribution in [2.75, 3.05) is 13.7 Å². The Kier molecular flexibility index (Phi) is 7.60. The number of aryl methyl sites for hydroxylation is 1. The van der Waals surface area contributed by atoms with Gasteiger partial charge < -0.3 is 10.5 Å².